The summed E-state index contributed by atoms with van der Waals surface area (Å²) >= 11 is 0. The van der Waals surface area contributed by atoms with E-state index in [0.29, 0.717) is 37.3 Å². The van der Waals surface area contributed by atoms with Crippen molar-refractivity contribution < 1.29 is 19.0 Å². The van der Waals surface area contributed by atoms with Gasteiger partial charge in [-0.2, -0.15) is 0 Å². The molecule has 0 aliphatic heterocycles. The summed E-state index contributed by atoms with van der Waals surface area (Å²) in [4.78, 5) is 17.0. The molecule has 1 aromatic heterocycles. The van der Waals surface area contributed by atoms with Crippen molar-refractivity contribution >= 4 is 11.6 Å². The van der Waals surface area contributed by atoms with Gasteiger partial charge in [0.1, 0.15) is 12.2 Å². The molecule has 1 aliphatic rings. The third kappa shape index (κ3) is 4.92. The van der Waals surface area contributed by atoms with Crippen LogP contribution in [0.1, 0.15) is 39.5 Å². The van der Waals surface area contributed by atoms with Gasteiger partial charge < -0.3 is 19.5 Å². The van der Waals surface area contributed by atoms with Crippen LogP contribution in [0.4, 0.5) is 5.69 Å². The molecule has 6 heteroatoms. The molecule has 0 radical (unpaired) electrons. The third-order valence-corrected chi connectivity index (χ3v) is 4.32. The summed E-state index contributed by atoms with van der Waals surface area (Å²) < 4.78 is 16.2. The average molecular weight is 336 g/mol. The van der Waals surface area contributed by atoms with Crippen LogP contribution in [0.5, 0.6) is 5.88 Å². The maximum atomic E-state index is 12.8. The van der Waals surface area contributed by atoms with Crippen LogP contribution in [0.2, 0.25) is 0 Å². The average Bonchev–Trinajstić information content (AvgIpc) is 2.57. The minimum Gasteiger partial charge on any atom is -0.475 e. The molecule has 0 aromatic carbocycles. The van der Waals surface area contributed by atoms with E-state index in [9.17, 15) is 4.79 Å². The number of carbonyl (C=O) groups is 1. The Morgan fingerprint density at radius 1 is 1.42 bits per heavy atom. The maximum Gasteiger partial charge on any atom is 0.256 e. The first kappa shape index (κ1) is 18.7. The molecule has 1 aromatic rings. The Balaban J connectivity index is 1.98. The summed E-state index contributed by atoms with van der Waals surface area (Å²) in [6, 6.07) is 3.53. The molecule has 1 fully saturated rings. The summed E-state index contributed by atoms with van der Waals surface area (Å²) in [5.74, 6) is 0.923. The molecular weight excluding hydrogens is 308 g/mol. The number of amides is 1. The van der Waals surface area contributed by atoms with E-state index in [2.05, 4.69) is 17.2 Å². The Hall–Kier alpha value is -1.66. The molecule has 2 rings (SSSR count). The molecule has 6 nitrogen and oxygen atoms in total. The van der Waals surface area contributed by atoms with Crippen LogP contribution in [0.25, 0.3) is 0 Å². The van der Waals surface area contributed by atoms with Gasteiger partial charge in [-0.15, -0.1) is 0 Å². The normalized spacial score (nSPS) is 23.7. The van der Waals surface area contributed by atoms with Crippen molar-refractivity contribution in [2.45, 2.75) is 45.1 Å². The van der Waals surface area contributed by atoms with Crippen molar-refractivity contribution in [1.82, 2.24) is 4.98 Å². The van der Waals surface area contributed by atoms with E-state index in [1.54, 1.807) is 25.4 Å². The van der Waals surface area contributed by atoms with E-state index in [1.165, 1.54) is 0 Å². The molecule has 1 saturated carbocycles. The van der Waals surface area contributed by atoms with Gasteiger partial charge in [-0.3, -0.25) is 4.79 Å². The minimum atomic E-state index is -0.722. The van der Waals surface area contributed by atoms with Gasteiger partial charge >= 0.3 is 0 Å². The van der Waals surface area contributed by atoms with Crippen molar-refractivity contribution in [1.29, 1.82) is 0 Å². The highest BCUT2D eigenvalue weighted by molar-refractivity contribution is 5.97. The topological polar surface area (TPSA) is 69.7 Å². The van der Waals surface area contributed by atoms with Gasteiger partial charge in [-0.05, 0) is 38.2 Å². The molecule has 0 bridgehead atoms. The van der Waals surface area contributed by atoms with Crippen LogP contribution in [0.3, 0.4) is 0 Å². The van der Waals surface area contributed by atoms with Gasteiger partial charge in [0, 0.05) is 19.8 Å². The number of aromatic nitrogens is 1. The van der Waals surface area contributed by atoms with Crippen molar-refractivity contribution in [3.63, 3.8) is 0 Å². The molecule has 0 spiro atoms. The molecule has 1 aliphatic carbocycles. The lowest BCUT2D eigenvalue weighted by Crippen LogP contribution is -2.48. The van der Waals surface area contributed by atoms with Crippen molar-refractivity contribution in [2.75, 3.05) is 32.2 Å². The number of ether oxygens (including phenoxy) is 3. The quantitative estimate of drug-likeness (QED) is 0.739. The van der Waals surface area contributed by atoms with Crippen LogP contribution < -0.4 is 10.1 Å². The third-order valence-electron chi connectivity index (χ3n) is 4.32. The van der Waals surface area contributed by atoms with Crippen LogP contribution in [-0.4, -0.2) is 43.4 Å². The van der Waals surface area contributed by atoms with Crippen molar-refractivity contribution in [3.8, 4) is 5.88 Å². The van der Waals surface area contributed by atoms with Gasteiger partial charge in [-0.1, -0.05) is 13.3 Å². The Bertz CT molecular complexity index is 516. The predicted molar refractivity (Wildman–Crippen MR) is 92.2 cm³/mol. The Labute approximate surface area is 143 Å². The van der Waals surface area contributed by atoms with E-state index in [1.807, 2.05) is 6.92 Å². The zero-order valence-electron chi connectivity index (χ0n) is 14.8. The van der Waals surface area contributed by atoms with E-state index in [-0.39, 0.29) is 5.91 Å². The van der Waals surface area contributed by atoms with Crippen LogP contribution in [0, 0.1) is 5.92 Å². The van der Waals surface area contributed by atoms with Crippen LogP contribution >= 0.6 is 0 Å². The fourth-order valence-electron chi connectivity index (χ4n) is 3.20. The lowest BCUT2D eigenvalue weighted by atomic mass is 9.78. The first-order valence-electron chi connectivity index (χ1n) is 8.63. The summed E-state index contributed by atoms with van der Waals surface area (Å²) in [5, 5.41) is 2.95. The molecule has 0 saturated heterocycles. The zero-order valence-corrected chi connectivity index (χ0v) is 14.8. The number of nitrogens with one attached hydrogen (secondary N) is 1. The Morgan fingerprint density at radius 3 is 2.88 bits per heavy atom. The molecule has 2 atom stereocenters. The first-order chi connectivity index (χ1) is 11.6. The number of rotatable bonds is 8. The maximum absolute atomic E-state index is 12.8. The van der Waals surface area contributed by atoms with E-state index in [4.69, 9.17) is 14.2 Å². The zero-order chi connectivity index (χ0) is 17.4. The monoisotopic (exact) mass is 336 g/mol. The number of pyridine rings is 1. The van der Waals surface area contributed by atoms with E-state index < -0.39 is 5.60 Å². The highest BCUT2D eigenvalue weighted by atomic mass is 16.5. The Kier molecular flexibility index (Phi) is 6.99. The highest BCUT2D eigenvalue weighted by Crippen LogP contribution is 2.36. The lowest BCUT2D eigenvalue weighted by molar-refractivity contribution is -0.147. The number of anilines is 1. The molecule has 1 N–H and O–H groups in total. The highest BCUT2D eigenvalue weighted by Gasteiger charge is 2.42. The fourth-order valence-corrected chi connectivity index (χ4v) is 3.20. The molecule has 24 heavy (non-hydrogen) atoms. The largest absolute Gasteiger partial charge is 0.475 e. The summed E-state index contributed by atoms with van der Waals surface area (Å²) in [6.07, 6.45) is 5.29. The molecular formula is C18H28N2O4. The Morgan fingerprint density at radius 2 is 2.25 bits per heavy atom. The predicted octanol–water partition coefficient (Wildman–Crippen LogP) is 3.03. The second kappa shape index (κ2) is 8.99. The van der Waals surface area contributed by atoms with Crippen molar-refractivity contribution in [2.24, 2.45) is 5.92 Å². The van der Waals surface area contributed by atoms with Crippen LogP contribution in [0.15, 0.2) is 18.3 Å². The molecule has 1 heterocycles. The molecule has 1 amide bonds. The summed E-state index contributed by atoms with van der Waals surface area (Å²) in [6.45, 7) is 5.59. The summed E-state index contributed by atoms with van der Waals surface area (Å²) in [7, 11) is 1.62. The smallest absolute Gasteiger partial charge is 0.256 e. The van der Waals surface area contributed by atoms with E-state index >= 15 is 0 Å². The lowest BCUT2D eigenvalue weighted by Gasteiger charge is -2.38. The number of hydrogen-bond donors (Lipinski definition) is 1. The van der Waals surface area contributed by atoms with E-state index in [0.717, 1.165) is 25.7 Å². The minimum absolute atomic E-state index is 0.0780. The number of nitrogens with zero attached hydrogens (tertiary/aromatic N) is 1. The molecule has 134 valence electrons. The number of carbonyl (C=O) groups excluding carboxylic acids is 1. The fraction of sp³-hybridized carbons (Fsp3) is 0.667. The van der Waals surface area contributed by atoms with Gasteiger partial charge in [0.05, 0.1) is 18.5 Å². The van der Waals surface area contributed by atoms with Gasteiger partial charge in [0.25, 0.3) is 5.91 Å². The summed E-state index contributed by atoms with van der Waals surface area (Å²) in [5.41, 5.74) is -0.0727. The SMILES string of the molecule is CCO[C@@]1(C(=O)Nc2ccc(OCCOC)nc2)CCC[C@H](C)C1. The second-order valence-electron chi connectivity index (χ2n) is 6.31. The van der Waals surface area contributed by atoms with Crippen molar-refractivity contribution in [3.05, 3.63) is 18.3 Å². The first-order valence-corrected chi connectivity index (χ1v) is 8.63. The second-order valence-corrected chi connectivity index (χ2v) is 6.31. The number of hydrogen-bond acceptors (Lipinski definition) is 5. The van der Waals surface area contributed by atoms with Crippen LogP contribution in [-0.2, 0) is 14.3 Å². The molecule has 0 unspecified atom stereocenters. The number of methoxy groups -OCH3 is 1. The standard InChI is InChI=1S/C18H28N2O4/c1-4-24-18(9-5-6-14(2)12-18)17(21)20-15-7-8-16(19-13-15)23-11-10-22-3/h7-8,13-14H,4-6,9-12H2,1-3H3,(H,20,21)/t14-,18-/m0/s1. The van der Waals surface area contributed by atoms with Gasteiger partial charge in [-0.25, -0.2) is 4.98 Å². The van der Waals surface area contributed by atoms with Gasteiger partial charge in [0.2, 0.25) is 5.88 Å². The van der Waals surface area contributed by atoms with Gasteiger partial charge in [0.15, 0.2) is 0 Å².